The smallest absolute Gasteiger partial charge is 0.329 e. The lowest BCUT2D eigenvalue weighted by Gasteiger charge is -2.36. The van der Waals surface area contributed by atoms with E-state index in [-0.39, 0.29) is 0 Å². The van der Waals surface area contributed by atoms with Gasteiger partial charge in [0.1, 0.15) is 16.9 Å². The van der Waals surface area contributed by atoms with E-state index in [1.165, 1.54) is 0 Å². The number of carboxylic acid groups (broad SMARTS) is 1. The van der Waals surface area contributed by atoms with E-state index >= 15 is 0 Å². The number of rotatable bonds is 3. The molecule has 2 N–H and O–H groups in total. The van der Waals surface area contributed by atoms with Gasteiger partial charge >= 0.3 is 5.97 Å². The van der Waals surface area contributed by atoms with Gasteiger partial charge in [-0.3, -0.25) is 4.79 Å². The molecule has 1 amide bonds. The largest absolute Gasteiger partial charge is 0.480 e. The van der Waals surface area contributed by atoms with E-state index in [0.29, 0.717) is 35.8 Å². The van der Waals surface area contributed by atoms with Crippen molar-refractivity contribution in [2.45, 2.75) is 52.0 Å². The van der Waals surface area contributed by atoms with Crippen LogP contribution in [0.15, 0.2) is 4.52 Å². The van der Waals surface area contributed by atoms with Gasteiger partial charge in [0.05, 0.1) is 5.69 Å². The minimum Gasteiger partial charge on any atom is -0.480 e. The van der Waals surface area contributed by atoms with E-state index in [4.69, 9.17) is 4.52 Å². The van der Waals surface area contributed by atoms with Crippen LogP contribution in [0.5, 0.6) is 0 Å². The Kier molecular flexibility index (Phi) is 3.83. The molecule has 1 aromatic rings. The molecule has 2 rings (SSSR count). The molecule has 110 valence electrons. The fourth-order valence-electron chi connectivity index (χ4n) is 2.73. The summed E-state index contributed by atoms with van der Waals surface area (Å²) in [7, 11) is 0. The van der Waals surface area contributed by atoms with Crippen molar-refractivity contribution in [2.24, 2.45) is 5.92 Å². The van der Waals surface area contributed by atoms with Gasteiger partial charge in [-0.05, 0) is 45.4 Å². The molecule has 6 nitrogen and oxygen atoms in total. The molecule has 0 saturated heterocycles. The Morgan fingerprint density at radius 1 is 1.35 bits per heavy atom. The van der Waals surface area contributed by atoms with Crippen molar-refractivity contribution in [2.75, 3.05) is 0 Å². The summed E-state index contributed by atoms with van der Waals surface area (Å²) in [5, 5.41) is 15.9. The van der Waals surface area contributed by atoms with Crippen molar-refractivity contribution in [1.29, 1.82) is 0 Å². The maximum absolute atomic E-state index is 12.3. The number of hydrogen-bond donors (Lipinski definition) is 2. The van der Waals surface area contributed by atoms with E-state index in [1.807, 2.05) is 0 Å². The van der Waals surface area contributed by atoms with Crippen molar-refractivity contribution < 1.29 is 19.2 Å². The van der Waals surface area contributed by atoms with Gasteiger partial charge in [-0.15, -0.1) is 0 Å². The first-order chi connectivity index (χ1) is 9.35. The number of hydrogen-bond acceptors (Lipinski definition) is 4. The lowest BCUT2D eigenvalue weighted by Crippen LogP contribution is -2.56. The topological polar surface area (TPSA) is 92.4 Å². The standard InChI is InChI=1S/C14H20N2O4/c1-8-4-6-14(7-5-8,13(18)19)15-12(17)11-9(2)16-20-10(11)3/h8H,4-7H2,1-3H3,(H,15,17)(H,18,19). The third-order valence-electron chi connectivity index (χ3n) is 4.15. The van der Waals surface area contributed by atoms with E-state index in [1.54, 1.807) is 13.8 Å². The molecule has 0 aliphatic heterocycles. The zero-order valence-electron chi connectivity index (χ0n) is 12.0. The highest BCUT2D eigenvalue weighted by Gasteiger charge is 2.43. The van der Waals surface area contributed by atoms with Crippen LogP contribution in [0, 0.1) is 19.8 Å². The predicted molar refractivity (Wildman–Crippen MR) is 71.4 cm³/mol. The van der Waals surface area contributed by atoms with Gasteiger partial charge in [0.25, 0.3) is 5.91 Å². The van der Waals surface area contributed by atoms with E-state index in [2.05, 4.69) is 17.4 Å². The zero-order chi connectivity index (χ0) is 14.9. The number of carbonyl (C=O) groups excluding carboxylic acids is 1. The summed E-state index contributed by atoms with van der Waals surface area (Å²) in [5.74, 6) is -0.481. The first-order valence-electron chi connectivity index (χ1n) is 6.84. The molecule has 0 radical (unpaired) electrons. The van der Waals surface area contributed by atoms with Crippen molar-refractivity contribution in [1.82, 2.24) is 10.5 Å². The summed E-state index contributed by atoms with van der Waals surface area (Å²) < 4.78 is 4.96. The highest BCUT2D eigenvalue weighted by molar-refractivity contribution is 5.99. The number of aliphatic carboxylic acids is 1. The first-order valence-corrected chi connectivity index (χ1v) is 6.84. The number of nitrogens with one attached hydrogen (secondary N) is 1. The van der Waals surface area contributed by atoms with Crippen LogP contribution >= 0.6 is 0 Å². The molecule has 0 bridgehead atoms. The number of amides is 1. The third-order valence-corrected chi connectivity index (χ3v) is 4.15. The Hall–Kier alpha value is -1.85. The number of aryl methyl sites for hydroxylation is 2. The number of carbonyl (C=O) groups is 2. The fraction of sp³-hybridized carbons (Fsp3) is 0.643. The SMILES string of the molecule is Cc1noc(C)c1C(=O)NC1(C(=O)O)CCC(C)CC1. The molecule has 20 heavy (non-hydrogen) atoms. The normalized spacial score (nSPS) is 26.2. The van der Waals surface area contributed by atoms with Crippen molar-refractivity contribution in [3.63, 3.8) is 0 Å². The molecule has 0 aromatic carbocycles. The van der Waals surface area contributed by atoms with Crippen LogP contribution in [0.4, 0.5) is 0 Å². The Morgan fingerprint density at radius 2 is 1.95 bits per heavy atom. The molecule has 1 aliphatic carbocycles. The molecule has 1 aromatic heterocycles. The fourth-order valence-corrected chi connectivity index (χ4v) is 2.73. The molecule has 1 aliphatic rings. The van der Waals surface area contributed by atoms with Gasteiger partial charge in [0.15, 0.2) is 0 Å². The highest BCUT2D eigenvalue weighted by Crippen LogP contribution is 2.32. The average Bonchev–Trinajstić information content (AvgIpc) is 2.72. The lowest BCUT2D eigenvalue weighted by atomic mass is 9.77. The van der Waals surface area contributed by atoms with Crippen LogP contribution in [0.25, 0.3) is 0 Å². The average molecular weight is 280 g/mol. The Labute approximate surface area is 117 Å². The molecule has 6 heteroatoms. The Bertz CT molecular complexity index is 508. The second kappa shape index (κ2) is 5.26. The second-order valence-corrected chi connectivity index (χ2v) is 5.72. The van der Waals surface area contributed by atoms with E-state index in [9.17, 15) is 14.7 Å². The van der Waals surface area contributed by atoms with Gasteiger partial charge in [-0.1, -0.05) is 12.1 Å². The molecule has 1 saturated carbocycles. The van der Waals surface area contributed by atoms with Crippen LogP contribution < -0.4 is 5.32 Å². The predicted octanol–water partition coefficient (Wildman–Crippen LogP) is 2.05. The minimum absolute atomic E-state index is 0.337. The number of carboxylic acids is 1. The summed E-state index contributed by atoms with van der Waals surface area (Å²) in [5.41, 5.74) is -0.353. The summed E-state index contributed by atoms with van der Waals surface area (Å²) in [6.45, 7) is 5.41. The summed E-state index contributed by atoms with van der Waals surface area (Å²) in [6, 6.07) is 0. The van der Waals surface area contributed by atoms with Crippen molar-refractivity contribution in [3.05, 3.63) is 17.0 Å². The summed E-state index contributed by atoms with van der Waals surface area (Å²) in [4.78, 5) is 23.9. The molecular formula is C14H20N2O4. The minimum atomic E-state index is -1.17. The molecular weight excluding hydrogens is 260 g/mol. The van der Waals surface area contributed by atoms with Gasteiger partial charge in [-0.25, -0.2) is 4.79 Å². The summed E-state index contributed by atoms with van der Waals surface area (Å²) in [6.07, 6.45) is 2.51. The van der Waals surface area contributed by atoms with Crippen LogP contribution in [0.2, 0.25) is 0 Å². The van der Waals surface area contributed by atoms with Crippen molar-refractivity contribution in [3.8, 4) is 0 Å². The van der Waals surface area contributed by atoms with E-state index in [0.717, 1.165) is 12.8 Å². The van der Waals surface area contributed by atoms with Crippen molar-refractivity contribution >= 4 is 11.9 Å². The number of nitrogens with zero attached hydrogens (tertiary/aromatic N) is 1. The number of aromatic nitrogens is 1. The monoisotopic (exact) mass is 280 g/mol. The zero-order valence-corrected chi connectivity index (χ0v) is 12.0. The molecule has 1 fully saturated rings. The van der Waals surface area contributed by atoms with Crippen LogP contribution in [-0.4, -0.2) is 27.7 Å². The van der Waals surface area contributed by atoms with Crippen LogP contribution in [0.3, 0.4) is 0 Å². The molecule has 1 heterocycles. The maximum Gasteiger partial charge on any atom is 0.329 e. The molecule has 0 atom stereocenters. The van der Waals surface area contributed by atoms with E-state index < -0.39 is 17.4 Å². The highest BCUT2D eigenvalue weighted by atomic mass is 16.5. The second-order valence-electron chi connectivity index (χ2n) is 5.72. The quantitative estimate of drug-likeness (QED) is 0.884. The summed E-state index contributed by atoms with van der Waals surface area (Å²) >= 11 is 0. The Morgan fingerprint density at radius 3 is 2.40 bits per heavy atom. The van der Waals surface area contributed by atoms with Crippen LogP contribution in [-0.2, 0) is 4.79 Å². The lowest BCUT2D eigenvalue weighted by molar-refractivity contribution is -0.146. The Balaban J connectivity index is 2.21. The maximum atomic E-state index is 12.3. The van der Waals surface area contributed by atoms with Gasteiger partial charge in [-0.2, -0.15) is 0 Å². The molecule has 0 unspecified atom stereocenters. The van der Waals surface area contributed by atoms with Gasteiger partial charge in [0.2, 0.25) is 0 Å². The first kappa shape index (κ1) is 14.6. The van der Waals surface area contributed by atoms with Crippen LogP contribution in [0.1, 0.15) is 54.4 Å². The third kappa shape index (κ3) is 2.55. The molecule has 0 spiro atoms. The van der Waals surface area contributed by atoms with Gasteiger partial charge < -0.3 is 14.9 Å². The van der Waals surface area contributed by atoms with Gasteiger partial charge in [0, 0.05) is 0 Å².